The fourth-order valence-corrected chi connectivity index (χ4v) is 3.26. The highest BCUT2D eigenvalue weighted by Crippen LogP contribution is 2.26. The SMILES string of the molecule is O=C(NC(C(=O)O)C1CCCCC1)c1ccc2ccccc2n1. The Bertz CT molecular complexity index is 723. The van der Waals surface area contributed by atoms with Crippen LogP contribution in [0.25, 0.3) is 10.9 Å². The lowest BCUT2D eigenvalue weighted by Crippen LogP contribution is -2.46. The summed E-state index contributed by atoms with van der Waals surface area (Å²) in [6, 6.07) is 10.2. The molecule has 0 spiro atoms. The molecule has 1 aromatic carbocycles. The molecule has 120 valence electrons. The molecule has 1 aromatic heterocycles. The standard InChI is InChI=1S/C18H20N2O3/c21-17(15-11-10-12-6-4-5-9-14(12)19-15)20-16(18(22)23)13-7-2-1-3-8-13/h4-6,9-11,13,16H,1-3,7-8H2,(H,20,21)(H,22,23). The quantitative estimate of drug-likeness (QED) is 0.909. The van der Waals surface area contributed by atoms with Crippen LogP contribution in [-0.2, 0) is 4.79 Å². The first kappa shape index (κ1) is 15.5. The molecule has 0 bridgehead atoms. The topological polar surface area (TPSA) is 79.3 Å². The molecule has 3 rings (SSSR count). The van der Waals surface area contributed by atoms with Gasteiger partial charge in [0.05, 0.1) is 5.52 Å². The number of rotatable bonds is 4. The smallest absolute Gasteiger partial charge is 0.326 e. The first-order valence-corrected chi connectivity index (χ1v) is 8.04. The van der Waals surface area contributed by atoms with Crippen molar-refractivity contribution in [2.75, 3.05) is 0 Å². The van der Waals surface area contributed by atoms with Crippen molar-refractivity contribution in [3.05, 3.63) is 42.1 Å². The molecule has 1 aliphatic carbocycles. The van der Waals surface area contributed by atoms with Gasteiger partial charge >= 0.3 is 5.97 Å². The number of carbonyl (C=O) groups is 2. The maximum absolute atomic E-state index is 12.4. The van der Waals surface area contributed by atoms with Crippen molar-refractivity contribution < 1.29 is 14.7 Å². The monoisotopic (exact) mass is 312 g/mol. The average Bonchev–Trinajstić information content (AvgIpc) is 2.59. The number of aliphatic carboxylic acids is 1. The summed E-state index contributed by atoms with van der Waals surface area (Å²) in [5.74, 6) is -1.38. The predicted octanol–water partition coefficient (Wildman–Crippen LogP) is 3.00. The number of nitrogens with zero attached hydrogens (tertiary/aromatic N) is 1. The second-order valence-electron chi connectivity index (χ2n) is 6.08. The number of pyridine rings is 1. The van der Waals surface area contributed by atoms with E-state index in [0.717, 1.165) is 43.0 Å². The summed E-state index contributed by atoms with van der Waals surface area (Å²) in [4.78, 5) is 28.3. The summed E-state index contributed by atoms with van der Waals surface area (Å²) in [5.41, 5.74) is 0.982. The summed E-state index contributed by atoms with van der Waals surface area (Å²) in [7, 11) is 0. The van der Waals surface area contributed by atoms with Crippen LogP contribution in [0.3, 0.4) is 0 Å². The summed E-state index contributed by atoms with van der Waals surface area (Å²) in [6.07, 6.45) is 4.89. The number of amides is 1. The summed E-state index contributed by atoms with van der Waals surface area (Å²) in [6.45, 7) is 0. The van der Waals surface area contributed by atoms with Crippen molar-refractivity contribution in [3.8, 4) is 0 Å². The molecule has 1 heterocycles. The molecule has 1 amide bonds. The number of aromatic nitrogens is 1. The average molecular weight is 312 g/mol. The van der Waals surface area contributed by atoms with E-state index in [1.807, 2.05) is 30.3 Å². The number of fused-ring (bicyclic) bond motifs is 1. The molecule has 23 heavy (non-hydrogen) atoms. The minimum absolute atomic E-state index is 0.00524. The van der Waals surface area contributed by atoms with Crippen molar-refractivity contribution in [1.29, 1.82) is 0 Å². The van der Waals surface area contributed by atoms with Crippen LogP contribution in [0.2, 0.25) is 0 Å². The van der Waals surface area contributed by atoms with Gasteiger partial charge in [-0.3, -0.25) is 4.79 Å². The van der Waals surface area contributed by atoms with E-state index in [1.54, 1.807) is 6.07 Å². The van der Waals surface area contributed by atoms with Gasteiger partial charge < -0.3 is 10.4 Å². The minimum Gasteiger partial charge on any atom is -0.480 e. The number of benzene rings is 1. The third-order valence-corrected chi connectivity index (χ3v) is 4.50. The van der Waals surface area contributed by atoms with E-state index in [0.29, 0.717) is 0 Å². The molecule has 5 heteroatoms. The van der Waals surface area contributed by atoms with Gasteiger partial charge in [0.25, 0.3) is 5.91 Å². The Labute approximate surface area is 134 Å². The molecule has 2 N–H and O–H groups in total. The lowest BCUT2D eigenvalue weighted by molar-refractivity contribution is -0.141. The Kier molecular flexibility index (Phi) is 4.55. The lowest BCUT2D eigenvalue weighted by Gasteiger charge is -2.27. The van der Waals surface area contributed by atoms with E-state index in [1.165, 1.54) is 0 Å². The van der Waals surface area contributed by atoms with Gasteiger partial charge in [-0.25, -0.2) is 9.78 Å². The maximum Gasteiger partial charge on any atom is 0.326 e. The lowest BCUT2D eigenvalue weighted by atomic mass is 9.84. The molecule has 1 aliphatic rings. The van der Waals surface area contributed by atoms with Crippen LogP contribution in [0.15, 0.2) is 36.4 Å². The van der Waals surface area contributed by atoms with Crippen molar-refractivity contribution in [3.63, 3.8) is 0 Å². The molecule has 1 saturated carbocycles. The van der Waals surface area contributed by atoms with Gasteiger partial charge in [-0.1, -0.05) is 43.5 Å². The highest BCUT2D eigenvalue weighted by molar-refractivity contribution is 5.97. The number of nitrogens with one attached hydrogen (secondary N) is 1. The minimum atomic E-state index is -0.967. The van der Waals surface area contributed by atoms with E-state index in [4.69, 9.17) is 0 Å². The second-order valence-corrected chi connectivity index (χ2v) is 6.08. The fraction of sp³-hybridized carbons (Fsp3) is 0.389. The Morgan fingerprint density at radius 1 is 1.09 bits per heavy atom. The van der Waals surface area contributed by atoms with Crippen LogP contribution in [0.1, 0.15) is 42.6 Å². The van der Waals surface area contributed by atoms with E-state index >= 15 is 0 Å². The van der Waals surface area contributed by atoms with Gasteiger partial charge in [0.1, 0.15) is 11.7 Å². The van der Waals surface area contributed by atoms with Crippen LogP contribution in [-0.4, -0.2) is 28.0 Å². The first-order chi connectivity index (χ1) is 11.1. The molecule has 2 aromatic rings. The highest BCUT2D eigenvalue weighted by atomic mass is 16.4. The molecular formula is C18H20N2O3. The first-order valence-electron chi connectivity index (χ1n) is 8.04. The number of para-hydroxylation sites is 1. The summed E-state index contributed by atoms with van der Waals surface area (Å²) in [5, 5.41) is 13.1. The van der Waals surface area contributed by atoms with Crippen molar-refractivity contribution in [2.24, 2.45) is 5.92 Å². The van der Waals surface area contributed by atoms with Gasteiger partial charge in [0.2, 0.25) is 0 Å². The Morgan fingerprint density at radius 2 is 1.83 bits per heavy atom. The number of hydrogen-bond acceptors (Lipinski definition) is 3. The second kappa shape index (κ2) is 6.77. The maximum atomic E-state index is 12.4. The largest absolute Gasteiger partial charge is 0.480 e. The molecule has 1 unspecified atom stereocenters. The molecule has 0 aliphatic heterocycles. The third kappa shape index (κ3) is 3.50. The normalized spacial score (nSPS) is 16.9. The van der Waals surface area contributed by atoms with E-state index in [9.17, 15) is 14.7 Å². The molecule has 1 atom stereocenters. The van der Waals surface area contributed by atoms with Gasteiger partial charge in [-0.15, -0.1) is 0 Å². The highest BCUT2D eigenvalue weighted by Gasteiger charge is 2.31. The Hall–Kier alpha value is -2.43. The summed E-state index contributed by atoms with van der Waals surface area (Å²) < 4.78 is 0. The van der Waals surface area contributed by atoms with Crippen LogP contribution >= 0.6 is 0 Å². The molecule has 5 nitrogen and oxygen atoms in total. The van der Waals surface area contributed by atoms with Gasteiger partial charge in [0.15, 0.2) is 0 Å². The summed E-state index contributed by atoms with van der Waals surface area (Å²) >= 11 is 0. The van der Waals surface area contributed by atoms with Crippen LogP contribution in [0.5, 0.6) is 0 Å². The molecular weight excluding hydrogens is 292 g/mol. The zero-order valence-electron chi connectivity index (χ0n) is 12.9. The number of carboxylic acids is 1. The molecule has 0 saturated heterocycles. The third-order valence-electron chi connectivity index (χ3n) is 4.50. The molecule has 0 radical (unpaired) electrons. The fourth-order valence-electron chi connectivity index (χ4n) is 3.26. The predicted molar refractivity (Wildman–Crippen MR) is 87.2 cm³/mol. The van der Waals surface area contributed by atoms with Gasteiger partial charge in [-0.05, 0) is 30.9 Å². The molecule has 1 fully saturated rings. The van der Waals surface area contributed by atoms with E-state index in [2.05, 4.69) is 10.3 Å². The van der Waals surface area contributed by atoms with Crippen LogP contribution in [0, 0.1) is 5.92 Å². The van der Waals surface area contributed by atoms with E-state index in [-0.39, 0.29) is 11.6 Å². The van der Waals surface area contributed by atoms with Gasteiger partial charge in [0, 0.05) is 5.39 Å². The number of hydrogen-bond donors (Lipinski definition) is 2. The van der Waals surface area contributed by atoms with Crippen molar-refractivity contribution >= 4 is 22.8 Å². The zero-order chi connectivity index (χ0) is 16.2. The zero-order valence-corrected chi connectivity index (χ0v) is 12.9. The Balaban J connectivity index is 1.78. The number of carbonyl (C=O) groups excluding carboxylic acids is 1. The Morgan fingerprint density at radius 3 is 2.57 bits per heavy atom. The van der Waals surface area contributed by atoms with Crippen LogP contribution < -0.4 is 5.32 Å². The van der Waals surface area contributed by atoms with Crippen molar-refractivity contribution in [2.45, 2.75) is 38.1 Å². The van der Waals surface area contributed by atoms with Crippen LogP contribution in [0.4, 0.5) is 0 Å². The van der Waals surface area contributed by atoms with E-state index < -0.39 is 17.9 Å². The number of carboxylic acid groups (broad SMARTS) is 1. The van der Waals surface area contributed by atoms with Gasteiger partial charge in [-0.2, -0.15) is 0 Å². The van der Waals surface area contributed by atoms with Crippen molar-refractivity contribution in [1.82, 2.24) is 10.3 Å².